The molecule has 0 aliphatic carbocycles. The van der Waals surface area contributed by atoms with Crippen molar-refractivity contribution >= 4 is 31.9 Å². The van der Waals surface area contributed by atoms with E-state index in [2.05, 4.69) is 31.0 Å². The summed E-state index contributed by atoms with van der Waals surface area (Å²) in [5.74, 6) is -0.414. The van der Waals surface area contributed by atoms with Gasteiger partial charge in [-0.25, -0.2) is 16.8 Å². The maximum atomic E-state index is 14.2. The first-order chi connectivity index (χ1) is 34.2. The summed E-state index contributed by atoms with van der Waals surface area (Å²) >= 11 is 0. The number of piperidine rings is 1. The number of hydrogen-bond donors (Lipinski definition) is 4. The molecule has 1 saturated heterocycles. The van der Waals surface area contributed by atoms with Gasteiger partial charge in [-0.15, -0.1) is 20.4 Å². The zero-order chi connectivity index (χ0) is 52.2. The molecule has 1 unspecified atom stereocenters. The lowest BCUT2D eigenvalue weighted by atomic mass is 9.96. The van der Waals surface area contributed by atoms with Crippen molar-refractivity contribution in [3.05, 3.63) is 101 Å². The minimum absolute atomic E-state index is 0.00742. The van der Waals surface area contributed by atoms with Gasteiger partial charge < -0.3 is 25.6 Å². The molecular weight excluding hydrogens is 961 g/mol. The first-order valence-electron chi connectivity index (χ1n) is 24.2. The molecule has 1 atom stereocenters. The normalized spacial score (nSPS) is 14.0. The van der Waals surface area contributed by atoms with Crippen LogP contribution in [-0.4, -0.2) is 123 Å². The molecule has 0 spiro atoms. The summed E-state index contributed by atoms with van der Waals surface area (Å²) in [5, 5.41) is 44.9. The number of nitrogens with one attached hydrogen (secondary N) is 2. The molecule has 0 bridgehead atoms. The standard InChI is InChI=1S/C51H64N10O9S2/c1-10-52-50(64)48-56-55-47(42-29-40(32(5)6)45(70-9)30-44(42)63)61(48)36-15-19-37(20-16-36)71(66,67)58(11-2)26-23-34(8)53-51(65)49-57-54-46(41-28-39(31(3)4)43(62)27-33(41)7)60(49)35-17-21-38(22-18-35)72(68,69)59-24-13-12-14-25-59/h15-22,27-32,34,62-63H,10-14,23-26H2,1-9H3,(H,52,64)(H,53,65). The fourth-order valence-corrected chi connectivity index (χ4v) is 11.8. The van der Waals surface area contributed by atoms with Crippen LogP contribution in [0.4, 0.5) is 0 Å². The van der Waals surface area contributed by atoms with Crippen molar-refractivity contribution in [1.29, 1.82) is 0 Å². The van der Waals surface area contributed by atoms with Gasteiger partial charge in [-0.2, -0.15) is 8.61 Å². The Bertz CT molecular complexity index is 3160. The Balaban J connectivity index is 1.13. The Hall–Kier alpha value is -6.68. The summed E-state index contributed by atoms with van der Waals surface area (Å²) < 4.78 is 66.9. The van der Waals surface area contributed by atoms with Crippen LogP contribution in [0.15, 0.2) is 82.6 Å². The largest absolute Gasteiger partial charge is 0.508 e. The molecule has 2 amide bonds. The highest BCUT2D eigenvalue weighted by atomic mass is 32.2. The number of hydrogen-bond acceptors (Lipinski definition) is 13. The summed E-state index contributed by atoms with van der Waals surface area (Å²) in [6.07, 6.45) is 2.76. The SMILES string of the molecule is CCNC(=O)c1nnc(-c2cc(C(C)C)c(OC)cc2O)n1-c1ccc(S(=O)(=O)N(CC)CCC(C)NC(=O)c2nnc(-c3cc(C(C)C)c(O)cc3C)n2-c2ccc(S(=O)(=O)N3CCCCC3)cc2)cc1. The van der Waals surface area contributed by atoms with Crippen LogP contribution in [0.5, 0.6) is 17.2 Å². The predicted molar refractivity (Wildman–Crippen MR) is 273 cm³/mol. The number of phenolic OH excluding ortho intramolecular Hbond substituents is 2. The van der Waals surface area contributed by atoms with Crippen LogP contribution in [0.25, 0.3) is 34.2 Å². The molecule has 19 nitrogen and oxygen atoms in total. The Labute approximate surface area is 421 Å². The highest BCUT2D eigenvalue weighted by Gasteiger charge is 2.30. The number of methoxy groups -OCH3 is 1. The zero-order valence-electron chi connectivity index (χ0n) is 42.2. The van der Waals surface area contributed by atoms with E-state index in [1.807, 2.05) is 40.7 Å². The van der Waals surface area contributed by atoms with Crippen molar-refractivity contribution in [3.8, 4) is 51.4 Å². The second-order valence-corrected chi connectivity index (χ2v) is 22.4. The number of benzene rings is 4. The molecule has 7 rings (SSSR count). The lowest BCUT2D eigenvalue weighted by Gasteiger charge is -2.26. The maximum absolute atomic E-state index is 14.2. The van der Waals surface area contributed by atoms with Crippen LogP contribution in [0.2, 0.25) is 0 Å². The first kappa shape index (κ1) is 53.1. The number of phenols is 2. The van der Waals surface area contributed by atoms with Crippen LogP contribution in [-0.2, 0) is 20.0 Å². The molecule has 384 valence electrons. The predicted octanol–water partition coefficient (Wildman–Crippen LogP) is 7.30. The van der Waals surface area contributed by atoms with Crippen molar-refractivity contribution in [2.45, 2.75) is 109 Å². The Morgan fingerprint density at radius 3 is 1.79 bits per heavy atom. The van der Waals surface area contributed by atoms with E-state index in [4.69, 9.17) is 4.74 Å². The first-order valence-corrected chi connectivity index (χ1v) is 27.1. The molecule has 0 saturated carbocycles. The number of aromatic hydroxyl groups is 2. The van der Waals surface area contributed by atoms with Gasteiger partial charge in [0.25, 0.3) is 11.8 Å². The summed E-state index contributed by atoms with van der Waals surface area (Å²) in [6, 6.07) is 18.3. The summed E-state index contributed by atoms with van der Waals surface area (Å²) in [5.41, 5.74) is 3.83. The highest BCUT2D eigenvalue weighted by molar-refractivity contribution is 7.89. The van der Waals surface area contributed by atoms with E-state index in [0.717, 1.165) is 24.8 Å². The molecule has 6 aromatic rings. The van der Waals surface area contributed by atoms with Crippen molar-refractivity contribution in [2.75, 3.05) is 39.8 Å². The Morgan fingerprint density at radius 1 is 0.708 bits per heavy atom. The third kappa shape index (κ3) is 10.7. The van der Waals surface area contributed by atoms with Gasteiger partial charge in [0.1, 0.15) is 17.2 Å². The summed E-state index contributed by atoms with van der Waals surface area (Å²) in [4.78, 5) is 27.6. The number of ether oxygens (including phenoxy) is 1. The number of aryl methyl sites for hydroxylation is 1. The van der Waals surface area contributed by atoms with Crippen molar-refractivity contribution in [2.24, 2.45) is 0 Å². The molecule has 4 aromatic carbocycles. The van der Waals surface area contributed by atoms with Gasteiger partial charge in [0, 0.05) is 61.8 Å². The Morgan fingerprint density at radius 2 is 1.25 bits per heavy atom. The zero-order valence-corrected chi connectivity index (χ0v) is 43.8. The van der Waals surface area contributed by atoms with E-state index < -0.39 is 37.9 Å². The van der Waals surface area contributed by atoms with E-state index in [1.165, 1.54) is 62.8 Å². The summed E-state index contributed by atoms with van der Waals surface area (Å²) in [7, 11) is -6.33. The van der Waals surface area contributed by atoms with Gasteiger partial charge in [-0.3, -0.25) is 18.7 Å². The molecule has 4 N–H and O–H groups in total. The van der Waals surface area contributed by atoms with Gasteiger partial charge in [-0.1, -0.05) is 41.0 Å². The van der Waals surface area contributed by atoms with Crippen LogP contribution in [0.3, 0.4) is 0 Å². The van der Waals surface area contributed by atoms with Crippen molar-refractivity contribution in [3.63, 3.8) is 0 Å². The number of nitrogens with zero attached hydrogens (tertiary/aromatic N) is 8. The number of rotatable bonds is 19. The van der Waals surface area contributed by atoms with Gasteiger partial charge in [0.05, 0.1) is 22.5 Å². The van der Waals surface area contributed by atoms with Gasteiger partial charge in [-0.05, 0) is 135 Å². The van der Waals surface area contributed by atoms with E-state index in [-0.39, 0.29) is 70.1 Å². The lowest BCUT2D eigenvalue weighted by molar-refractivity contribution is 0.0921. The number of aromatic nitrogens is 6. The molecule has 0 radical (unpaired) electrons. The minimum Gasteiger partial charge on any atom is -0.508 e. The number of carbonyl (C=O) groups excluding carboxylic acids is 2. The van der Waals surface area contributed by atoms with E-state index in [0.29, 0.717) is 64.8 Å². The van der Waals surface area contributed by atoms with Crippen LogP contribution in [0.1, 0.15) is 124 Å². The third-order valence-corrected chi connectivity index (χ3v) is 16.7. The smallest absolute Gasteiger partial charge is 0.289 e. The quantitative estimate of drug-likeness (QED) is 0.0623. The second kappa shape index (κ2) is 22.0. The maximum Gasteiger partial charge on any atom is 0.289 e. The molecular formula is C51H64N10O9S2. The van der Waals surface area contributed by atoms with E-state index in [1.54, 1.807) is 49.6 Å². The number of carbonyl (C=O) groups is 2. The summed E-state index contributed by atoms with van der Waals surface area (Å²) in [6.45, 7) is 16.2. The second-order valence-electron chi connectivity index (χ2n) is 18.5. The van der Waals surface area contributed by atoms with Crippen LogP contribution in [0, 0.1) is 6.92 Å². The van der Waals surface area contributed by atoms with Gasteiger partial charge in [0.15, 0.2) is 11.6 Å². The van der Waals surface area contributed by atoms with Crippen molar-refractivity contribution in [1.82, 2.24) is 48.8 Å². The van der Waals surface area contributed by atoms with Gasteiger partial charge in [0.2, 0.25) is 31.7 Å². The van der Waals surface area contributed by atoms with Gasteiger partial charge >= 0.3 is 0 Å². The minimum atomic E-state index is -4.09. The van der Waals surface area contributed by atoms with E-state index >= 15 is 0 Å². The average Bonchev–Trinajstić information content (AvgIpc) is 4.00. The average molecular weight is 1030 g/mol. The fourth-order valence-electron chi connectivity index (χ4n) is 8.83. The number of sulfonamides is 2. The molecule has 72 heavy (non-hydrogen) atoms. The van der Waals surface area contributed by atoms with Crippen LogP contribution >= 0.6 is 0 Å². The number of amides is 2. The van der Waals surface area contributed by atoms with Crippen molar-refractivity contribution < 1.29 is 41.4 Å². The topological polar surface area (TPSA) is 244 Å². The monoisotopic (exact) mass is 1020 g/mol. The molecule has 3 heterocycles. The lowest BCUT2D eigenvalue weighted by Crippen LogP contribution is -2.39. The molecule has 1 fully saturated rings. The molecule has 2 aromatic heterocycles. The molecule has 1 aliphatic rings. The molecule has 21 heteroatoms. The fraction of sp³-hybridized carbons (Fsp3) is 0.412. The Kier molecular flexibility index (Phi) is 16.2. The highest BCUT2D eigenvalue weighted by Crippen LogP contribution is 2.39. The van der Waals surface area contributed by atoms with Crippen LogP contribution < -0.4 is 15.4 Å². The third-order valence-electron chi connectivity index (χ3n) is 12.8. The molecule has 1 aliphatic heterocycles. The van der Waals surface area contributed by atoms with E-state index in [9.17, 15) is 36.6 Å².